The maximum Gasteiger partial charge on any atom is 0.224 e. The van der Waals surface area contributed by atoms with Crippen molar-refractivity contribution in [3.05, 3.63) is 57.3 Å². The van der Waals surface area contributed by atoms with Crippen molar-refractivity contribution in [1.82, 2.24) is 20.2 Å². The Bertz CT molecular complexity index is 891. The van der Waals surface area contributed by atoms with E-state index in [1.165, 1.54) is 18.4 Å². The quantitative estimate of drug-likeness (QED) is 0.494. The minimum atomic E-state index is 0.576. The van der Waals surface area contributed by atoms with E-state index < -0.39 is 0 Å². The van der Waals surface area contributed by atoms with Crippen molar-refractivity contribution in [3.63, 3.8) is 0 Å². The topological polar surface area (TPSA) is 78.5 Å². The maximum atomic E-state index is 5.91. The predicted octanol–water partition coefficient (Wildman–Crippen LogP) is 4.89. The van der Waals surface area contributed by atoms with Gasteiger partial charge in [-0.2, -0.15) is 10.1 Å². The summed E-state index contributed by atoms with van der Waals surface area (Å²) in [5, 5.41) is 14.6. The predicted molar refractivity (Wildman–Crippen MR) is 107 cm³/mol. The van der Waals surface area contributed by atoms with Gasteiger partial charge in [0.1, 0.15) is 5.82 Å². The fourth-order valence-corrected chi connectivity index (χ4v) is 3.04. The van der Waals surface area contributed by atoms with Gasteiger partial charge in [-0.1, -0.05) is 23.7 Å². The second-order valence-corrected chi connectivity index (χ2v) is 7.59. The van der Waals surface area contributed by atoms with E-state index in [9.17, 15) is 0 Å². The highest BCUT2D eigenvalue weighted by atomic mass is 79.9. The fraction of sp³-hybridized carbons (Fsp3) is 0.278. The molecule has 3 N–H and O–H groups in total. The Morgan fingerprint density at radius 1 is 1.23 bits per heavy atom. The number of benzene rings is 1. The molecule has 1 aromatic carbocycles. The van der Waals surface area contributed by atoms with Gasteiger partial charge in [-0.3, -0.25) is 5.10 Å². The summed E-state index contributed by atoms with van der Waals surface area (Å²) in [4.78, 5) is 8.85. The van der Waals surface area contributed by atoms with Crippen LogP contribution in [0.5, 0.6) is 0 Å². The summed E-state index contributed by atoms with van der Waals surface area (Å²) < 4.78 is 0.795. The van der Waals surface area contributed by atoms with E-state index in [4.69, 9.17) is 11.6 Å². The third-order valence-electron chi connectivity index (χ3n) is 4.20. The molecule has 1 aliphatic carbocycles. The van der Waals surface area contributed by atoms with Crippen molar-refractivity contribution >= 4 is 45.1 Å². The lowest BCUT2D eigenvalue weighted by atomic mass is 10.1. The van der Waals surface area contributed by atoms with E-state index in [0.717, 1.165) is 34.0 Å². The number of nitrogens with zero attached hydrogens (tertiary/aromatic N) is 3. The molecule has 134 valence electrons. The van der Waals surface area contributed by atoms with Crippen molar-refractivity contribution in [2.45, 2.75) is 25.2 Å². The lowest BCUT2D eigenvalue weighted by Crippen LogP contribution is -2.09. The summed E-state index contributed by atoms with van der Waals surface area (Å²) >= 11 is 9.39. The molecule has 0 bridgehead atoms. The number of aromatic amines is 1. The van der Waals surface area contributed by atoms with E-state index in [1.54, 1.807) is 6.20 Å². The molecule has 0 atom stereocenters. The smallest absolute Gasteiger partial charge is 0.224 e. The van der Waals surface area contributed by atoms with Gasteiger partial charge in [0.25, 0.3) is 0 Å². The van der Waals surface area contributed by atoms with E-state index in [2.05, 4.69) is 46.7 Å². The standard InChI is InChI=1S/C18H18BrClN6/c19-14-10-22-18(21-8-7-11-1-5-13(20)6-2-11)24-17(14)23-16-9-15(25-26-16)12-3-4-12/h1-2,5-6,9-10,12H,3-4,7-8H2,(H3,21,22,23,24,25,26). The van der Waals surface area contributed by atoms with Gasteiger partial charge in [0.2, 0.25) is 5.95 Å². The minimum absolute atomic E-state index is 0.576. The van der Waals surface area contributed by atoms with E-state index >= 15 is 0 Å². The third kappa shape index (κ3) is 4.34. The van der Waals surface area contributed by atoms with Gasteiger partial charge in [0, 0.05) is 29.7 Å². The van der Waals surface area contributed by atoms with Gasteiger partial charge in [0.05, 0.1) is 10.2 Å². The highest BCUT2D eigenvalue weighted by Crippen LogP contribution is 2.39. The highest BCUT2D eigenvalue weighted by Gasteiger charge is 2.26. The number of H-pyrrole nitrogens is 1. The first-order chi connectivity index (χ1) is 12.7. The average molecular weight is 434 g/mol. The Morgan fingerprint density at radius 2 is 2.04 bits per heavy atom. The largest absolute Gasteiger partial charge is 0.354 e. The van der Waals surface area contributed by atoms with Crippen molar-refractivity contribution in [1.29, 1.82) is 0 Å². The summed E-state index contributed by atoms with van der Waals surface area (Å²) in [6.45, 7) is 0.735. The average Bonchev–Trinajstić information content (AvgIpc) is 3.39. The van der Waals surface area contributed by atoms with Gasteiger partial charge >= 0.3 is 0 Å². The van der Waals surface area contributed by atoms with E-state index in [1.807, 2.05) is 30.3 Å². The van der Waals surface area contributed by atoms with Crippen LogP contribution in [0.3, 0.4) is 0 Å². The summed E-state index contributed by atoms with van der Waals surface area (Å²) in [5.74, 6) is 2.71. The molecule has 3 aromatic rings. The SMILES string of the molecule is Clc1ccc(CCNc2ncc(Br)c(Nc3cc(C4CC4)n[nH]3)n2)cc1. The summed E-state index contributed by atoms with van der Waals surface area (Å²) in [6, 6.07) is 9.88. The lowest BCUT2D eigenvalue weighted by molar-refractivity contribution is 0.964. The minimum Gasteiger partial charge on any atom is -0.354 e. The van der Waals surface area contributed by atoms with Crippen LogP contribution in [0.2, 0.25) is 5.02 Å². The molecule has 6 nitrogen and oxygen atoms in total. The number of nitrogens with one attached hydrogen (secondary N) is 3. The number of aromatic nitrogens is 4. The molecule has 2 heterocycles. The van der Waals surface area contributed by atoms with Crippen LogP contribution in [0, 0.1) is 0 Å². The lowest BCUT2D eigenvalue weighted by Gasteiger charge is -2.09. The van der Waals surface area contributed by atoms with Crippen LogP contribution >= 0.6 is 27.5 Å². The van der Waals surface area contributed by atoms with Crippen molar-refractivity contribution in [2.75, 3.05) is 17.2 Å². The normalized spacial score (nSPS) is 13.6. The first-order valence-corrected chi connectivity index (χ1v) is 9.67. The van der Waals surface area contributed by atoms with Crippen LogP contribution in [0.4, 0.5) is 17.6 Å². The Kier molecular flexibility index (Phi) is 5.08. The second kappa shape index (κ2) is 7.63. The van der Waals surface area contributed by atoms with E-state index in [-0.39, 0.29) is 0 Å². The Hall–Kier alpha value is -2.12. The zero-order valence-electron chi connectivity index (χ0n) is 14.0. The molecular formula is C18H18BrClN6. The number of anilines is 3. The summed E-state index contributed by atoms with van der Waals surface area (Å²) in [6.07, 6.45) is 5.05. The molecule has 2 aromatic heterocycles. The zero-order chi connectivity index (χ0) is 17.9. The van der Waals surface area contributed by atoms with E-state index in [0.29, 0.717) is 17.7 Å². The van der Waals surface area contributed by atoms with Gasteiger partial charge in [-0.15, -0.1) is 0 Å². The first-order valence-electron chi connectivity index (χ1n) is 8.50. The molecule has 0 aliphatic heterocycles. The monoisotopic (exact) mass is 432 g/mol. The Labute approximate surface area is 164 Å². The highest BCUT2D eigenvalue weighted by molar-refractivity contribution is 9.10. The Balaban J connectivity index is 1.37. The van der Waals surface area contributed by atoms with Gasteiger partial charge in [-0.25, -0.2) is 4.98 Å². The van der Waals surface area contributed by atoms with Crippen LogP contribution in [-0.2, 0) is 6.42 Å². The van der Waals surface area contributed by atoms with Crippen molar-refractivity contribution in [2.24, 2.45) is 0 Å². The molecule has 0 radical (unpaired) electrons. The van der Waals surface area contributed by atoms with Crippen LogP contribution in [0.1, 0.15) is 30.0 Å². The third-order valence-corrected chi connectivity index (χ3v) is 5.03. The summed E-state index contributed by atoms with van der Waals surface area (Å²) in [5.41, 5.74) is 2.32. The van der Waals surface area contributed by atoms with Gasteiger partial charge < -0.3 is 10.6 Å². The van der Waals surface area contributed by atoms with Crippen LogP contribution in [0.15, 0.2) is 41.0 Å². The van der Waals surface area contributed by atoms with Crippen LogP contribution in [0.25, 0.3) is 0 Å². The Morgan fingerprint density at radius 3 is 2.81 bits per heavy atom. The van der Waals surface area contributed by atoms with Crippen LogP contribution < -0.4 is 10.6 Å². The van der Waals surface area contributed by atoms with Gasteiger partial charge in [0.15, 0.2) is 5.82 Å². The summed E-state index contributed by atoms with van der Waals surface area (Å²) in [7, 11) is 0. The maximum absolute atomic E-state index is 5.91. The van der Waals surface area contributed by atoms with Gasteiger partial charge in [-0.05, 0) is 52.9 Å². The number of hydrogen-bond acceptors (Lipinski definition) is 5. The molecule has 0 saturated heterocycles. The van der Waals surface area contributed by atoms with Crippen molar-refractivity contribution < 1.29 is 0 Å². The molecule has 0 amide bonds. The number of rotatable bonds is 7. The molecular weight excluding hydrogens is 416 g/mol. The van der Waals surface area contributed by atoms with Crippen molar-refractivity contribution in [3.8, 4) is 0 Å². The van der Waals surface area contributed by atoms with Crippen LogP contribution in [-0.4, -0.2) is 26.7 Å². The number of halogens is 2. The zero-order valence-corrected chi connectivity index (χ0v) is 16.3. The molecule has 1 saturated carbocycles. The number of hydrogen-bond donors (Lipinski definition) is 3. The molecule has 1 aliphatic rings. The fourth-order valence-electron chi connectivity index (χ4n) is 2.63. The molecule has 4 rings (SSSR count). The molecule has 0 spiro atoms. The second-order valence-electron chi connectivity index (χ2n) is 6.30. The first kappa shape index (κ1) is 17.3. The molecule has 0 unspecified atom stereocenters. The molecule has 1 fully saturated rings. The molecule has 26 heavy (non-hydrogen) atoms. The molecule has 8 heteroatoms.